The Morgan fingerprint density at radius 3 is 2.85 bits per heavy atom. The van der Waals surface area contributed by atoms with Crippen LogP contribution in [0.2, 0.25) is 0 Å². The lowest BCUT2D eigenvalue weighted by molar-refractivity contribution is 0.0859. The summed E-state index contributed by atoms with van der Waals surface area (Å²) in [5, 5.41) is 3.02. The van der Waals surface area contributed by atoms with Crippen molar-refractivity contribution >= 4 is 12.0 Å². The predicted molar refractivity (Wildman–Crippen MR) is 93.2 cm³/mol. The largest absolute Gasteiger partial charge is 0.472 e. The van der Waals surface area contributed by atoms with Crippen LogP contribution >= 0.6 is 0 Å². The summed E-state index contributed by atoms with van der Waals surface area (Å²) in [6.07, 6.45) is 3.52. The summed E-state index contributed by atoms with van der Waals surface area (Å²) in [7, 11) is 0. The van der Waals surface area contributed by atoms with Crippen molar-refractivity contribution in [2.75, 3.05) is 32.9 Å². The number of nitrogens with one attached hydrogen (secondary N) is 1. The van der Waals surface area contributed by atoms with Crippen LogP contribution in [0.5, 0.6) is 5.88 Å². The molecule has 2 fully saturated rings. The molecule has 1 N–H and O–H groups in total. The number of aromatic nitrogens is 1. The molecule has 0 unspecified atom stereocenters. The second-order valence-electron chi connectivity index (χ2n) is 6.42. The van der Waals surface area contributed by atoms with E-state index in [1.54, 1.807) is 30.2 Å². The van der Waals surface area contributed by atoms with Crippen molar-refractivity contribution in [3.63, 3.8) is 0 Å². The highest BCUT2D eigenvalue weighted by Crippen LogP contribution is 2.17. The van der Waals surface area contributed by atoms with E-state index in [4.69, 9.17) is 14.2 Å². The molecule has 26 heavy (non-hydrogen) atoms. The first kappa shape index (κ1) is 18.4. The fraction of sp³-hybridized carbons (Fsp3) is 0.611. The summed E-state index contributed by atoms with van der Waals surface area (Å²) >= 11 is 0. The first-order chi connectivity index (χ1) is 12.7. The topological polar surface area (TPSA) is 90.0 Å². The molecule has 0 aromatic carbocycles. The zero-order valence-electron chi connectivity index (χ0n) is 15.0. The summed E-state index contributed by atoms with van der Waals surface area (Å²) in [6.45, 7) is 4.56. The molecule has 3 heterocycles. The van der Waals surface area contributed by atoms with Crippen LogP contribution in [0.25, 0.3) is 0 Å². The molecule has 0 spiro atoms. The number of pyridine rings is 1. The van der Waals surface area contributed by atoms with Gasteiger partial charge in [0.1, 0.15) is 6.10 Å². The van der Waals surface area contributed by atoms with Gasteiger partial charge in [-0.15, -0.1) is 0 Å². The van der Waals surface area contributed by atoms with Gasteiger partial charge in [-0.1, -0.05) is 0 Å². The van der Waals surface area contributed by atoms with E-state index in [1.165, 1.54) is 0 Å². The van der Waals surface area contributed by atoms with Crippen molar-refractivity contribution in [2.24, 2.45) is 0 Å². The third-order valence-electron chi connectivity index (χ3n) is 4.53. The number of nitrogens with zero attached hydrogens (tertiary/aromatic N) is 2. The fourth-order valence-corrected chi connectivity index (χ4v) is 3.08. The van der Waals surface area contributed by atoms with Crippen molar-refractivity contribution in [3.8, 4) is 5.88 Å². The van der Waals surface area contributed by atoms with Gasteiger partial charge in [0.05, 0.1) is 19.8 Å². The van der Waals surface area contributed by atoms with Gasteiger partial charge in [-0.3, -0.25) is 4.79 Å². The molecular formula is C18H25N3O5. The molecule has 2 aliphatic heterocycles. The normalized spacial score (nSPS) is 20.7. The van der Waals surface area contributed by atoms with Crippen LogP contribution in [0.1, 0.15) is 36.5 Å². The number of rotatable bonds is 5. The molecule has 1 aromatic heterocycles. The van der Waals surface area contributed by atoms with Crippen molar-refractivity contribution in [3.05, 3.63) is 23.9 Å². The highest BCUT2D eigenvalue weighted by atomic mass is 16.6. The van der Waals surface area contributed by atoms with Crippen LogP contribution in [-0.2, 0) is 9.47 Å². The maximum Gasteiger partial charge on any atom is 0.409 e. The first-order valence-corrected chi connectivity index (χ1v) is 9.08. The van der Waals surface area contributed by atoms with Crippen LogP contribution in [0.4, 0.5) is 4.79 Å². The number of ether oxygens (including phenoxy) is 3. The monoisotopic (exact) mass is 363 g/mol. The zero-order valence-corrected chi connectivity index (χ0v) is 15.0. The Bertz CT molecular complexity index is 625. The molecule has 2 aliphatic rings. The Labute approximate surface area is 152 Å². The predicted octanol–water partition coefficient (Wildman–Crippen LogP) is 1.60. The number of carbonyl (C=O) groups is 2. The minimum atomic E-state index is -0.288. The van der Waals surface area contributed by atoms with Crippen molar-refractivity contribution in [1.82, 2.24) is 15.2 Å². The summed E-state index contributed by atoms with van der Waals surface area (Å²) in [4.78, 5) is 30.0. The van der Waals surface area contributed by atoms with E-state index in [1.807, 2.05) is 0 Å². The van der Waals surface area contributed by atoms with Gasteiger partial charge in [-0.25, -0.2) is 9.78 Å². The second-order valence-corrected chi connectivity index (χ2v) is 6.42. The standard InChI is InChI=1S/C18H25N3O5/c1-2-25-18(23)21-8-4-14(5-9-21)20-17(22)13-3-7-19-16(11-13)26-15-6-10-24-12-15/h3,7,11,14-15H,2,4-6,8-10,12H2,1H3,(H,20,22)/t15-/m0/s1. The maximum atomic E-state index is 12.5. The van der Waals surface area contributed by atoms with Gasteiger partial charge in [0.2, 0.25) is 5.88 Å². The maximum absolute atomic E-state index is 12.5. The van der Waals surface area contributed by atoms with Crippen molar-refractivity contribution in [2.45, 2.75) is 38.3 Å². The second kappa shape index (κ2) is 8.84. The highest BCUT2D eigenvalue weighted by molar-refractivity contribution is 5.94. The molecule has 8 nitrogen and oxygen atoms in total. The van der Waals surface area contributed by atoms with E-state index >= 15 is 0 Å². The minimum absolute atomic E-state index is 0.00647. The first-order valence-electron chi connectivity index (χ1n) is 9.08. The average molecular weight is 363 g/mol. The summed E-state index contributed by atoms with van der Waals surface area (Å²) < 4.78 is 16.0. The van der Waals surface area contributed by atoms with Gasteiger partial charge >= 0.3 is 6.09 Å². The van der Waals surface area contributed by atoms with E-state index in [0.717, 1.165) is 6.42 Å². The summed E-state index contributed by atoms with van der Waals surface area (Å²) in [5.41, 5.74) is 0.515. The van der Waals surface area contributed by atoms with Crippen LogP contribution in [0.15, 0.2) is 18.3 Å². The molecule has 0 radical (unpaired) electrons. The van der Waals surface area contributed by atoms with Crippen molar-refractivity contribution < 1.29 is 23.8 Å². The lowest BCUT2D eigenvalue weighted by Gasteiger charge is -2.31. The molecule has 2 amide bonds. The summed E-state index contributed by atoms with van der Waals surface area (Å²) in [5.74, 6) is 0.278. The molecule has 8 heteroatoms. The molecule has 0 bridgehead atoms. The van der Waals surface area contributed by atoms with Crippen molar-refractivity contribution in [1.29, 1.82) is 0 Å². The fourth-order valence-electron chi connectivity index (χ4n) is 3.08. The lowest BCUT2D eigenvalue weighted by Crippen LogP contribution is -2.46. The van der Waals surface area contributed by atoms with Crippen LogP contribution in [0.3, 0.4) is 0 Å². The number of carbonyl (C=O) groups excluding carboxylic acids is 2. The Morgan fingerprint density at radius 2 is 2.15 bits per heavy atom. The van der Waals surface area contributed by atoms with Gasteiger partial charge < -0.3 is 24.4 Å². The third-order valence-corrected chi connectivity index (χ3v) is 4.53. The zero-order chi connectivity index (χ0) is 18.4. The van der Waals surface area contributed by atoms with E-state index in [0.29, 0.717) is 57.2 Å². The number of likely N-dealkylation sites (tertiary alicyclic amines) is 1. The van der Waals surface area contributed by atoms with E-state index in [9.17, 15) is 9.59 Å². The average Bonchev–Trinajstić information content (AvgIpc) is 3.16. The van der Waals surface area contributed by atoms with Gasteiger partial charge in [0, 0.05) is 43.4 Å². The number of piperidine rings is 1. The Kier molecular flexibility index (Phi) is 6.27. The smallest absolute Gasteiger partial charge is 0.409 e. The van der Waals surface area contributed by atoms with Crippen LogP contribution in [-0.4, -0.2) is 66.9 Å². The van der Waals surface area contributed by atoms with Gasteiger partial charge in [-0.2, -0.15) is 0 Å². The Hall–Kier alpha value is -2.35. The highest BCUT2D eigenvalue weighted by Gasteiger charge is 2.25. The minimum Gasteiger partial charge on any atom is -0.472 e. The molecular weight excluding hydrogens is 338 g/mol. The molecule has 0 aliphatic carbocycles. The van der Waals surface area contributed by atoms with Gasteiger partial charge in [-0.05, 0) is 25.8 Å². The van der Waals surface area contributed by atoms with E-state index in [2.05, 4.69) is 10.3 Å². The molecule has 0 saturated carbocycles. The molecule has 2 saturated heterocycles. The quantitative estimate of drug-likeness (QED) is 0.855. The lowest BCUT2D eigenvalue weighted by atomic mass is 10.0. The molecule has 142 valence electrons. The number of hydrogen-bond donors (Lipinski definition) is 1. The molecule has 3 rings (SSSR count). The van der Waals surface area contributed by atoms with E-state index in [-0.39, 0.29) is 24.1 Å². The molecule has 1 atom stereocenters. The van der Waals surface area contributed by atoms with Gasteiger partial charge in [0.15, 0.2) is 0 Å². The number of amides is 2. The third kappa shape index (κ3) is 4.85. The SMILES string of the molecule is CCOC(=O)N1CCC(NC(=O)c2ccnc(O[C@H]3CCOC3)c2)CC1. The van der Waals surface area contributed by atoms with E-state index < -0.39 is 0 Å². The van der Waals surface area contributed by atoms with Gasteiger partial charge in [0.25, 0.3) is 5.91 Å². The summed E-state index contributed by atoms with van der Waals surface area (Å²) in [6, 6.07) is 3.36. The Balaban J connectivity index is 1.50. The van der Waals surface area contributed by atoms with Crippen LogP contribution < -0.4 is 10.1 Å². The Morgan fingerprint density at radius 1 is 1.35 bits per heavy atom. The van der Waals surface area contributed by atoms with Crippen LogP contribution in [0, 0.1) is 0 Å². The molecule has 1 aromatic rings. The number of hydrogen-bond acceptors (Lipinski definition) is 6.